The molecule has 0 radical (unpaired) electrons. The Morgan fingerprint density at radius 1 is 1.10 bits per heavy atom. The highest BCUT2D eigenvalue weighted by molar-refractivity contribution is 6.27. The lowest BCUT2D eigenvalue weighted by Crippen LogP contribution is -2.44. The number of carbonyl (C=O) groups excluding carboxylic acids is 2. The Morgan fingerprint density at radius 2 is 1.84 bits per heavy atom. The lowest BCUT2D eigenvalue weighted by atomic mass is 9.93. The normalized spacial score (nSPS) is 13.2. The Labute approximate surface area is 183 Å². The molecule has 3 rings (SSSR count). The van der Waals surface area contributed by atoms with Crippen molar-refractivity contribution >= 4 is 34.6 Å². The number of nitrogens with one attached hydrogen (secondary N) is 2. The maximum atomic E-state index is 13.1. The van der Waals surface area contributed by atoms with Crippen LogP contribution < -0.4 is 10.2 Å². The van der Waals surface area contributed by atoms with Gasteiger partial charge in [-0.15, -0.1) is 0 Å². The smallest absolute Gasteiger partial charge is 0.261 e. The van der Waals surface area contributed by atoms with E-state index in [0.29, 0.717) is 35.3 Å². The quantitative estimate of drug-likeness (QED) is 0.238. The monoisotopic (exact) mass is 421 g/mol. The van der Waals surface area contributed by atoms with E-state index in [1.54, 1.807) is 23.1 Å². The van der Waals surface area contributed by atoms with Crippen molar-refractivity contribution in [1.29, 1.82) is 5.41 Å². The molecule has 0 saturated carbocycles. The molecule has 7 heteroatoms. The zero-order chi connectivity index (χ0) is 22.4. The number of benzene rings is 2. The maximum Gasteiger partial charge on any atom is 0.261 e. The summed E-state index contributed by atoms with van der Waals surface area (Å²) in [6.07, 6.45) is 4.85. The van der Waals surface area contributed by atoms with Gasteiger partial charge in [-0.2, -0.15) is 0 Å². The molecule has 0 aliphatic carbocycles. The summed E-state index contributed by atoms with van der Waals surface area (Å²) in [6.45, 7) is 9.77. The van der Waals surface area contributed by atoms with Gasteiger partial charge in [-0.25, -0.2) is 0 Å². The summed E-state index contributed by atoms with van der Waals surface area (Å²) in [7, 11) is 2.12. The fourth-order valence-corrected chi connectivity index (χ4v) is 4.06. The second-order valence-electron chi connectivity index (χ2n) is 7.75. The first-order chi connectivity index (χ1) is 15.0. The molecular formula is C24H31N5O2. The molecule has 1 aliphatic rings. The minimum absolute atomic E-state index is 0.273. The van der Waals surface area contributed by atoms with Crippen LogP contribution in [0.25, 0.3) is 10.8 Å². The zero-order valence-electron chi connectivity index (χ0n) is 18.4. The van der Waals surface area contributed by atoms with Gasteiger partial charge in [0, 0.05) is 41.2 Å². The Bertz CT molecular complexity index is 957. The Morgan fingerprint density at radius 3 is 2.52 bits per heavy atom. The molecule has 7 nitrogen and oxygen atoms in total. The van der Waals surface area contributed by atoms with E-state index in [-0.39, 0.29) is 11.8 Å². The van der Waals surface area contributed by atoms with Gasteiger partial charge >= 0.3 is 0 Å². The largest absolute Gasteiger partial charge is 0.315 e. The molecule has 2 amide bonds. The molecule has 0 atom stereocenters. The molecule has 0 spiro atoms. The molecule has 0 fully saturated rings. The van der Waals surface area contributed by atoms with E-state index < -0.39 is 0 Å². The van der Waals surface area contributed by atoms with E-state index in [1.165, 1.54) is 11.1 Å². The second kappa shape index (κ2) is 10.3. The van der Waals surface area contributed by atoms with Gasteiger partial charge in [0.05, 0.1) is 12.0 Å². The first-order valence-electron chi connectivity index (χ1n) is 10.8. The average molecular weight is 422 g/mol. The van der Waals surface area contributed by atoms with Gasteiger partial charge in [-0.3, -0.25) is 19.9 Å². The van der Waals surface area contributed by atoms with Gasteiger partial charge in [0.15, 0.2) is 0 Å². The highest BCUT2D eigenvalue weighted by atomic mass is 16.2. The standard InChI is InChI=1S/C24H31N5O2/c1-4-14-27(3)15-7-12-26-13-16-29-23(30)19-9-6-8-18-21(28(5-2)17-25)11-10-20(22(18)19)24(29)31/h5-6,8-11,17,25-26H,2,4,7,12-16H2,1,3H3. The predicted molar refractivity (Wildman–Crippen MR) is 126 cm³/mol. The van der Waals surface area contributed by atoms with E-state index in [1.807, 2.05) is 12.1 Å². The fraction of sp³-hybridized carbons (Fsp3) is 0.375. The summed E-state index contributed by atoms with van der Waals surface area (Å²) >= 11 is 0. The molecule has 1 heterocycles. The molecule has 0 unspecified atom stereocenters. The van der Waals surface area contributed by atoms with Crippen molar-refractivity contribution in [1.82, 2.24) is 15.1 Å². The van der Waals surface area contributed by atoms with Crippen LogP contribution in [0.3, 0.4) is 0 Å². The third-order valence-electron chi connectivity index (χ3n) is 5.59. The minimum atomic E-state index is -0.273. The number of imide groups is 1. The first-order valence-corrected chi connectivity index (χ1v) is 10.8. The Kier molecular flexibility index (Phi) is 7.55. The highest BCUT2D eigenvalue weighted by Gasteiger charge is 2.33. The van der Waals surface area contributed by atoms with Crippen LogP contribution in [0.1, 0.15) is 40.5 Å². The van der Waals surface area contributed by atoms with E-state index in [4.69, 9.17) is 5.41 Å². The minimum Gasteiger partial charge on any atom is -0.315 e. The number of hydrogen-bond acceptors (Lipinski definition) is 5. The number of hydrogen-bond donors (Lipinski definition) is 2. The average Bonchev–Trinajstić information content (AvgIpc) is 2.77. The molecule has 1 aliphatic heterocycles. The van der Waals surface area contributed by atoms with Crippen molar-refractivity contribution in [2.24, 2.45) is 0 Å². The summed E-state index contributed by atoms with van der Waals surface area (Å²) in [6, 6.07) is 8.97. The van der Waals surface area contributed by atoms with Crippen LogP contribution in [0.15, 0.2) is 43.1 Å². The molecule has 2 N–H and O–H groups in total. The van der Waals surface area contributed by atoms with Crippen molar-refractivity contribution < 1.29 is 9.59 Å². The van der Waals surface area contributed by atoms with Crippen molar-refractivity contribution in [3.8, 4) is 0 Å². The number of amides is 2. The summed E-state index contributed by atoms with van der Waals surface area (Å²) in [4.78, 5) is 31.4. The van der Waals surface area contributed by atoms with Crippen molar-refractivity contribution in [3.63, 3.8) is 0 Å². The van der Waals surface area contributed by atoms with Crippen LogP contribution in [0.5, 0.6) is 0 Å². The summed E-state index contributed by atoms with van der Waals surface area (Å²) in [5, 5.41) is 12.3. The first kappa shape index (κ1) is 22.7. The summed E-state index contributed by atoms with van der Waals surface area (Å²) in [5.74, 6) is -0.547. The number of anilines is 1. The number of carbonyl (C=O) groups is 2. The van der Waals surface area contributed by atoms with Crippen molar-refractivity contribution in [3.05, 3.63) is 54.2 Å². The maximum absolute atomic E-state index is 13.1. The van der Waals surface area contributed by atoms with Crippen molar-refractivity contribution in [2.45, 2.75) is 19.8 Å². The number of rotatable bonds is 12. The third kappa shape index (κ3) is 4.68. The molecule has 2 aromatic carbocycles. The van der Waals surface area contributed by atoms with Crippen LogP contribution in [0, 0.1) is 5.41 Å². The third-order valence-corrected chi connectivity index (χ3v) is 5.59. The van der Waals surface area contributed by atoms with Crippen LogP contribution >= 0.6 is 0 Å². The van der Waals surface area contributed by atoms with Gasteiger partial charge in [0.2, 0.25) is 0 Å². The fourth-order valence-electron chi connectivity index (χ4n) is 4.06. The van der Waals surface area contributed by atoms with E-state index >= 15 is 0 Å². The Hall–Kier alpha value is -3.03. The lowest BCUT2D eigenvalue weighted by Gasteiger charge is -2.28. The Balaban J connectivity index is 1.72. The van der Waals surface area contributed by atoms with E-state index in [9.17, 15) is 9.59 Å². The molecule has 164 valence electrons. The predicted octanol–water partition coefficient (Wildman–Crippen LogP) is 3.31. The van der Waals surface area contributed by atoms with Gasteiger partial charge in [0.25, 0.3) is 11.8 Å². The zero-order valence-corrected chi connectivity index (χ0v) is 18.4. The van der Waals surface area contributed by atoms with Gasteiger partial charge in [0.1, 0.15) is 0 Å². The van der Waals surface area contributed by atoms with Gasteiger partial charge in [-0.1, -0.05) is 25.6 Å². The topological polar surface area (TPSA) is 79.7 Å². The molecule has 31 heavy (non-hydrogen) atoms. The number of nitrogens with zero attached hydrogens (tertiary/aromatic N) is 3. The highest BCUT2D eigenvalue weighted by Crippen LogP contribution is 2.35. The van der Waals surface area contributed by atoms with Gasteiger partial charge in [-0.05, 0) is 57.7 Å². The molecule has 2 aromatic rings. The second-order valence-corrected chi connectivity index (χ2v) is 7.75. The van der Waals surface area contributed by atoms with E-state index in [0.717, 1.165) is 44.2 Å². The van der Waals surface area contributed by atoms with Crippen LogP contribution in [0.4, 0.5) is 5.69 Å². The summed E-state index contributed by atoms with van der Waals surface area (Å²) < 4.78 is 0. The van der Waals surface area contributed by atoms with Crippen LogP contribution in [-0.4, -0.2) is 67.7 Å². The molecular weight excluding hydrogens is 390 g/mol. The van der Waals surface area contributed by atoms with E-state index in [2.05, 4.69) is 30.8 Å². The van der Waals surface area contributed by atoms with Crippen molar-refractivity contribution in [2.75, 3.05) is 44.7 Å². The molecule has 0 aromatic heterocycles. The molecule has 0 bridgehead atoms. The molecule has 0 saturated heterocycles. The van der Waals surface area contributed by atoms with Crippen LogP contribution in [0.2, 0.25) is 0 Å². The SMILES string of the molecule is C=CN(C=N)c1ccc2c3c(cccc13)C(=O)N(CCNCCCN(C)CCC)C2=O. The van der Waals surface area contributed by atoms with Crippen LogP contribution in [-0.2, 0) is 0 Å². The summed E-state index contributed by atoms with van der Waals surface area (Å²) in [5.41, 5.74) is 1.75. The lowest BCUT2D eigenvalue weighted by molar-refractivity contribution is 0.0612. The van der Waals surface area contributed by atoms with Gasteiger partial charge < -0.3 is 15.1 Å².